The Morgan fingerprint density at radius 1 is 1.00 bits per heavy atom. The molecule has 2 rings (SSSR count). The van der Waals surface area contributed by atoms with Gasteiger partial charge in [-0.1, -0.05) is 49.4 Å². The zero-order valence-electron chi connectivity index (χ0n) is 20.9. The Kier molecular flexibility index (Phi) is 10.7. The summed E-state index contributed by atoms with van der Waals surface area (Å²) in [5.74, 6) is -1.14. The van der Waals surface area contributed by atoms with Gasteiger partial charge in [0.25, 0.3) is 0 Å². The summed E-state index contributed by atoms with van der Waals surface area (Å²) in [5.41, 5.74) is 0.993. The van der Waals surface area contributed by atoms with Crippen LogP contribution in [0.15, 0.2) is 54.6 Å². The number of carbonyl (C=O) groups is 2. The number of nitrogens with zero attached hydrogens (tertiary/aromatic N) is 2. The van der Waals surface area contributed by atoms with E-state index in [1.165, 1.54) is 18.2 Å². The number of nitrogens with one attached hydrogen (secondary N) is 1. The Labute approximate surface area is 208 Å². The number of anilines is 1. The predicted octanol–water partition coefficient (Wildman–Crippen LogP) is 3.75. The van der Waals surface area contributed by atoms with Gasteiger partial charge in [-0.15, -0.1) is 0 Å². The van der Waals surface area contributed by atoms with E-state index < -0.39 is 21.9 Å². The second-order valence-electron chi connectivity index (χ2n) is 8.71. The molecule has 35 heavy (non-hydrogen) atoms. The summed E-state index contributed by atoms with van der Waals surface area (Å²) in [6, 6.07) is 14.6. The van der Waals surface area contributed by atoms with E-state index in [1.807, 2.05) is 44.2 Å². The van der Waals surface area contributed by atoms with Crippen molar-refractivity contribution in [2.24, 2.45) is 0 Å². The molecule has 0 spiro atoms. The summed E-state index contributed by atoms with van der Waals surface area (Å²) < 4.78 is 39.8. The number of carbonyl (C=O) groups excluding carboxylic acids is 2. The molecular weight excluding hydrogens is 469 g/mol. The van der Waals surface area contributed by atoms with E-state index in [0.717, 1.165) is 22.5 Å². The van der Waals surface area contributed by atoms with Crippen LogP contribution in [0, 0.1) is 5.82 Å². The van der Waals surface area contributed by atoms with Gasteiger partial charge in [0.1, 0.15) is 11.9 Å². The maximum atomic E-state index is 14.2. The van der Waals surface area contributed by atoms with Crippen LogP contribution in [0.5, 0.6) is 0 Å². The summed E-state index contributed by atoms with van der Waals surface area (Å²) in [6.07, 6.45) is 2.57. The minimum atomic E-state index is -3.75. The first-order valence-electron chi connectivity index (χ1n) is 11.9. The van der Waals surface area contributed by atoms with Crippen LogP contribution in [0.4, 0.5) is 10.1 Å². The lowest BCUT2D eigenvalue weighted by molar-refractivity contribution is -0.140. The third kappa shape index (κ3) is 8.65. The number of hydrogen-bond acceptors (Lipinski definition) is 4. The average Bonchev–Trinajstić information content (AvgIpc) is 2.82. The summed E-state index contributed by atoms with van der Waals surface area (Å²) in [6.45, 7) is 5.87. The lowest BCUT2D eigenvalue weighted by Crippen LogP contribution is -2.50. The van der Waals surface area contributed by atoms with E-state index in [0.29, 0.717) is 13.0 Å². The smallest absolute Gasteiger partial charge is 0.242 e. The zero-order chi connectivity index (χ0) is 26.0. The minimum Gasteiger partial charge on any atom is -0.352 e. The van der Waals surface area contributed by atoms with Crippen molar-refractivity contribution in [3.63, 3.8) is 0 Å². The molecule has 7 nitrogen and oxygen atoms in total. The van der Waals surface area contributed by atoms with Crippen molar-refractivity contribution in [3.8, 4) is 0 Å². The monoisotopic (exact) mass is 505 g/mol. The predicted molar refractivity (Wildman–Crippen MR) is 137 cm³/mol. The van der Waals surface area contributed by atoms with Gasteiger partial charge in [-0.25, -0.2) is 12.8 Å². The van der Waals surface area contributed by atoms with Crippen LogP contribution in [0.1, 0.15) is 45.6 Å². The molecule has 0 aliphatic heterocycles. The van der Waals surface area contributed by atoms with Crippen molar-refractivity contribution in [2.45, 2.75) is 58.5 Å². The van der Waals surface area contributed by atoms with Gasteiger partial charge in [0.05, 0.1) is 11.9 Å². The highest BCUT2D eigenvalue weighted by Gasteiger charge is 2.27. The van der Waals surface area contributed by atoms with Gasteiger partial charge in [0, 0.05) is 25.6 Å². The SMILES string of the molecule is CC[C@@H](C)NC(=O)[C@H](C)N(CCc1ccccc1)C(=O)CCCN(c1ccccc1F)S(C)(=O)=O. The van der Waals surface area contributed by atoms with Crippen LogP contribution in [-0.4, -0.2) is 56.6 Å². The molecular formula is C26H36FN3O4S. The molecule has 0 saturated heterocycles. The van der Waals surface area contributed by atoms with Crippen molar-refractivity contribution >= 4 is 27.5 Å². The van der Waals surface area contributed by atoms with Gasteiger partial charge in [0.2, 0.25) is 21.8 Å². The Balaban J connectivity index is 2.12. The fourth-order valence-electron chi connectivity index (χ4n) is 3.67. The van der Waals surface area contributed by atoms with Crippen molar-refractivity contribution in [1.82, 2.24) is 10.2 Å². The third-order valence-electron chi connectivity index (χ3n) is 5.93. The maximum absolute atomic E-state index is 14.2. The molecule has 0 radical (unpaired) electrons. The molecule has 0 unspecified atom stereocenters. The molecule has 2 amide bonds. The number of hydrogen-bond donors (Lipinski definition) is 1. The van der Waals surface area contributed by atoms with Crippen molar-refractivity contribution in [1.29, 1.82) is 0 Å². The van der Waals surface area contributed by atoms with Crippen molar-refractivity contribution < 1.29 is 22.4 Å². The molecule has 0 aliphatic carbocycles. The Bertz CT molecular complexity index is 1080. The van der Waals surface area contributed by atoms with Crippen LogP contribution >= 0.6 is 0 Å². The normalized spacial score (nSPS) is 13.1. The Hall–Kier alpha value is -2.94. The van der Waals surface area contributed by atoms with Crippen LogP contribution in [0.2, 0.25) is 0 Å². The topological polar surface area (TPSA) is 86.8 Å². The summed E-state index contributed by atoms with van der Waals surface area (Å²) in [5, 5.41) is 2.92. The highest BCUT2D eigenvalue weighted by atomic mass is 32.2. The molecule has 2 atom stereocenters. The van der Waals surface area contributed by atoms with Crippen molar-refractivity contribution in [2.75, 3.05) is 23.7 Å². The third-order valence-corrected chi connectivity index (χ3v) is 7.11. The van der Waals surface area contributed by atoms with Gasteiger partial charge >= 0.3 is 0 Å². The molecule has 2 aromatic carbocycles. The minimum absolute atomic E-state index is 0.0138. The lowest BCUT2D eigenvalue weighted by Gasteiger charge is -2.30. The number of sulfonamides is 1. The van der Waals surface area contributed by atoms with E-state index >= 15 is 0 Å². The first kappa shape index (κ1) is 28.3. The molecule has 2 aromatic rings. The second kappa shape index (κ2) is 13.2. The highest BCUT2D eigenvalue weighted by molar-refractivity contribution is 7.92. The van der Waals surface area contributed by atoms with Crippen LogP contribution < -0.4 is 9.62 Å². The molecule has 0 heterocycles. The molecule has 0 bridgehead atoms. The standard InChI is InChI=1S/C26H36FN3O4S/c1-5-20(2)28-26(32)21(3)29(19-17-22-12-7-6-8-13-22)25(31)16-11-18-30(35(4,33)34)24-15-10-9-14-23(24)27/h6-10,12-15,20-21H,5,11,16-19H2,1-4H3,(H,28,32)/t20-,21+/m1/s1. The Morgan fingerprint density at radius 2 is 1.63 bits per heavy atom. The second-order valence-corrected chi connectivity index (χ2v) is 10.6. The van der Waals surface area contributed by atoms with Crippen LogP contribution in [0.3, 0.4) is 0 Å². The van der Waals surface area contributed by atoms with Gasteiger partial charge < -0.3 is 10.2 Å². The number of para-hydroxylation sites is 1. The average molecular weight is 506 g/mol. The fraction of sp³-hybridized carbons (Fsp3) is 0.462. The van der Waals surface area contributed by atoms with Gasteiger partial charge in [0.15, 0.2) is 0 Å². The number of halogens is 1. The van der Waals surface area contributed by atoms with E-state index in [1.54, 1.807) is 17.9 Å². The molecule has 192 valence electrons. The number of benzene rings is 2. The first-order valence-corrected chi connectivity index (χ1v) is 13.8. The number of rotatable bonds is 13. The lowest BCUT2D eigenvalue weighted by atomic mass is 10.1. The molecule has 0 aromatic heterocycles. The van der Waals surface area contributed by atoms with Gasteiger partial charge in [-0.2, -0.15) is 0 Å². The van der Waals surface area contributed by atoms with Crippen molar-refractivity contribution in [3.05, 3.63) is 66.0 Å². The molecule has 0 saturated carbocycles. The first-order chi connectivity index (χ1) is 16.5. The summed E-state index contributed by atoms with van der Waals surface area (Å²) in [4.78, 5) is 27.5. The molecule has 9 heteroatoms. The zero-order valence-corrected chi connectivity index (χ0v) is 21.7. The fourth-order valence-corrected chi connectivity index (χ4v) is 4.64. The summed E-state index contributed by atoms with van der Waals surface area (Å²) in [7, 11) is -3.75. The van der Waals surface area contributed by atoms with Crippen LogP contribution in [-0.2, 0) is 26.0 Å². The van der Waals surface area contributed by atoms with Gasteiger partial charge in [-0.3, -0.25) is 13.9 Å². The van der Waals surface area contributed by atoms with Crippen LogP contribution in [0.25, 0.3) is 0 Å². The number of amides is 2. The highest BCUT2D eigenvalue weighted by Crippen LogP contribution is 2.22. The van der Waals surface area contributed by atoms with E-state index in [2.05, 4.69) is 5.32 Å². The largest absolute Gasteiger partial charge is 0.352 e. The Morgan fingerprint density at radius 3 is 2.23 bits per heavy atom. The molecule has 1 N–H and O–H groups in total. The van der Waals surface area contributed by atoms with Gasteiger partial charge in [-0.05, 0) is 50.8 Å². The summed E-state index contributed by atoms with van der Waals surface area (Å²) >= 11 is 0. The maximum Gasteiger partial charge on any atom is 0.242 e. The van der Waals surface area contributed by atoms with E-state index in [-0.39, 0.29) is 42.9 Å². The van der Waals surface area contributed by atoms with E-state index in [4.69, 9.17) is 0 Å². The van der Waals surface area contributed by atoms with E-state index in [9.17, 15) is 22.4 Å². The molecule has 0 fully saturated rings. The molecule has 0 aliphatic rings. The quantitative estimate of drug-likeness (QED) is 0.449.